The van der Waals surface area contributed by atoms with Crippen LogP contribution >= 0.6 is 0 Å². The molecule has 0 aliphatic rings. The highest BCUT2D eigenvalue weighted by molar-refractivity contribution is 6.04. The Morgan fingerprint density at radius 3 is 2.52 bits per heavy atom. The lowest BCUT2D eigenvalue weighted by Gasteiger charge is -2.12. The molecule has 3 aromatic carbocycles. The van der Waals surface area contributed by atoms with Gasteiger partial charge in [0.25, 0.3) is 11.9 Å². The summed E-state index contributed by atoms with van der Waals surface area (Å²) in [7, 11) is 0. The fourth-order valence-electron chi connectivity index (χ4n) is 3.93. The molecule has 3 N–H and O–H groups in total. The van der Waals surface area contributed by atoms with Crippen LogP contribution in [-0.4, -0.2) is 42.7 Å². The predicted molar refractivity (Wildman–Crippen MR) is 124 cm³/mol. The normalized spacial score (nSPS) is 11.1. The monoisotopic (exact) mass is 439 g/mol. The van der Waals surface area contributed by atoms with Crippen molar-refractivity contribution >= 4 is 16.9 Å². The number of ether oxygens (including phenoxy) is 1. The number of hydrogen-bond acceptors (Lipinski definition) is 6. The molecule has 164 valence electrons. The van der Waals surface area contributed by atoms with Crippen molar-refractivity contribution in [1.29, 1.82) is 0 Å². The molecule has 0 aliphatic heterocycles. The summed E-state index contributed by atoms with van der Waals surface area (Å²) in [5.41, 5.74) is 11.3. The third-order valence-corrected chi connectivity index (χ3v) is 5.39. The van der Waals surface area contributed by atoms with Crippen molar-refractivity contribution in [1.82, 2.24) is 30.2 Å². The number of fused-ring (bicyclic) bond motifs is 1. The van der Waals surface area contributed by atoms with Crippen LogP contribution in [0.15, 0.2) is 66.7 Å². The fraction of sp³-hybridized carbons (Fsp3) is 0.125. The first-order valence-corrected chi connectivity index (χ1v) is 10.5. The van der Waals surface area contributed by atoms with Gasteiger partial charge in [0.2, 0.25) is 5.82 Å². The summed E-state index contributed by atoms with van der Waals surface area (Å²) in [4.78, 5) is 16.6. The average molecular weight is 439 g/mol. The smallest absolute Gasteiger partial charge is 0.297 e. The number of carbonyl (C=O) groups is 1. The number of imidazole rings is 1. The van der Waals surface area contributed by atoms with Crippen LogP contribution in [0, 0.1) is 0 Å². The maximum atomic E-state index is 12.0. The Balaban J connectivity index is 1.53. The number of nitrogens with zero attached hydrogens (tertiary/aromatic N) is 5. The summed E-state index contributed by atoms with van der Waals surface area (Å²) in [6, 6.07) is 21.8. The number of aromatic nitrogens is 6. The molecule has 0 saturated heterocycles. The van der Waals surface area contributed by atoms with E-state index < -0.39 is 5.91 Å². The third-order valence-electron chi connectivity index (χ3n) is 5.39. The highest BCUT2D eigenvalue weighted by Gasteiger charge is 2.18. The van der Waals surface area contributed by atoms with Gasteiger partial charge in [-0.1, -0.05) is 54.6 Å². The van der Waals surface area contributed by atoms with E-state index in [-0.39, 0.29) is 0 Å². The van der Waals surface area contributed by atoms with Crippen molar-refractivity contribution in [3.63, 3.8) is 0 Å². The van der Waals surface area contributed by atoms with Crippen molar-refractivity contribution in [2.24, 2.45) is 5.73 Å². The van der Waals surface area contributed by atoms with Crippen LogP contribution in [0.5, 0.6) is 6.01 Å². The molecule has 5 rings (SSSR count). The Kier molecular flexibility index (Phi) is 5.27. The molecule has 0 bridgehead atoms. The Labute approximate surface area is 189 Å². The van der Waals surface area contributed by atoms with Crippen LogP contribution in [-0.2, 0) is 6.54 Å². The number of amides is 1. The second kappa shape index (κ2) is 8.54. The number of nitrogens with one attached hydrogen (secondary N) is 1. The molecule has 0 unspecified atom stereocenters. The van der Waals surface area contributed by atoms with Crippen molar-refractivity contribution in [2.45, 2.75) is 13.5 Å². The molecular formula is C24H21N7O2. The van der Waals surface area contributed by atoms with Crippen LogP contribution < -0.4 is 10.5 Å². The van der Waals surface area contributed by atoms with Crippen LogP contribution in [0.2, 0.25) is 0 Å². The number of primary amides is 1. The maximum absolute atomic E-state index is 12.0. The number of hydrogen-bond donors (Lipinski definition) is 2. The average Bonchev–Trinajstić information content (AvgIpc) is 3.49. The minimum absolute atomic E-state index is 0.414. The highest BCUT2D eigenvalue weighted by Crippen LogP contribution is 2.31. The van der Waals surface area contributed by atoms with Gasteiger partial charge in [-0.05, 0) is 41.0 Å². The largest absolute Gasteiger partial charge is 0.465 e. The Hall–Kier alpha value is -4.53. The van der Waals surface area contributed by atoms with Gasteiger partial charge in [-0.2, -0.15) is 10.2 Å². The number of rotatable bonds is 7. The number of tetrazole rings is 1. The first kappa shape index (κ1) is 20.4. The summed E-state index contributed by atoms with van der Waals surface area (Å²) in [6.07, 6.45) is 0. The van der Waals surface area contributed by atoms with Crippen molar-refractivity contribution in [3.8, 4) is 28.5 Å². The van der Waals surface area contributed by atoms with Gasteiger partial charge in [-0.25, -0.2) is 0 Å². The van der Waals surface area contributed by atoms with Gasteiger partial charge in [0.05, 0.1) is 29.7 Å². The SMILES string of the molecule is CCOc1nc2cccc(C(N)=O)c2n1Cc1ccc(-c2ccccc2-c2nn[nH]n2)cc1. The van der Waals surface area contributed by atoms with Crippen LogP contribution in [0.1, 0.15) is 22.8 Å². The zero-order valence-corrected chi connectivity index (χ0v) is 17.9. The van der Waals surface area contributed by atoms with Gasteiger partial charge in [0, 0.05) is 5.56 Å². The molecule has 0 saturated carbocycles. The minimum Gasteiger partial charge on any atom is -0.465 e. The van der Waals surface area contributed by atoms with E-state index in [9.17, 15) is 4.79 Å². The van der Waals surface area contributed by atoms with Gasteiger partial charge in [0.15, 0.2) is 0 Å². The molecule has 2 aromatic heterocycles. The first-order chi connectivity index (χ1) is 16.2. The quantitative estimate of drug-likeness (QED) is 0.400. The van der Waals surface area contributed by atoms with Crippen molar-refractivity contribution in [3.05, 3.63) is 77.9 Å². The molecule has 1 amide bonds. The number of carbonyl (C=O) groups excluding carboxylic acids is 1. The van der Waals surface area contributed by atoms with E-state index >= 15 is 0 Å². The topological polar surface area (TPSA) is 125 Å². The Morgan fingerprint density at radius 1 is 1.03 bits per heavy atom. The van der Waals surface area contributed by atoms with Crippen LogP contribution in [0.25, 0.3) is 33.5 Å². The lowest BCUT2D eigenvalue weighted by molar-refractivity contribution is 0.100. The lowest BCUT2D eigenvalue weighted by atomic mass is 9.98. The van der Waals surface area contributed by atoms with E-state index in [1.165, 1.54) is 0 Å². The first-order valence-electron chi connectivity index (χ1n) is 10.5. The van der Waals surface area contributed by atoms with Gasteiger partial charge < -0.3 is 10.5 Å². The van der Waals surface area contributed by atoms with E-state index in [2.05, 4.69) is 25.6 Å². The second-order valence-corrected chi connectivity index (χ2v) is 7.43. The summed E-state index contributed by atoms with van der Waals surface area (Å²) in [6.45, 7) is 2.83. The molecule has 0 atom stereocenters. The Bertz CT molecular complexity index is 1420. The van der Waals surface area contributed by atoms with Crippen molar-refractivity contribution in [2.75, 3.05) is 6.61 Å². The van der Waals surface area contributed by atoms with Gasteiger partial charge in [-0.3, -0.25) is 9.36 Å². The van der Waals surface area contributed by atoms with Gasteiger partial charge in [-0.15, -0.1) is 10.2 Å². The maximum Gasteiger partial charge on any atom is 0.297 e. The Morgan fingerprint density at radius 2 is 1.82 bits per heavy atom. The lowest BCUT2D eigenvalue weighted by Crippen LogP contribution is -2.14. The summed E-state index contributed by atoms with van der Waals surface area (Å²) in [5, 5.41) is 14.4. The fourth-order valence-corrected chi connectivity index (χ4v) is 3.93. The second-order valence-electron chi connectivity index (χ2n) is 7.43. The molecule has 5 aromatic rings. The molecule has 33 heavy (non-hydrogen) atoms. The highest BCUT2D eigenvalue weighted by atomic mass is 16.5. The molecule has 0 spiro atoms. The molecule has 9 heteroatoms. The van der Waals surface area contributed by atoms with Gasteiger partial charge >= 0.3 is 0 Å². The third kappa shape index (κ3) is 3.80. The number of para-hydroxylation sites is 1. The summed E-state index contributed by atoms with van der Waals surface area (Å²) >= 11 is 0. The molecule has 0 radical (unpaired) electrons. The van der Waals surface area contributed by atoms with E-state index in [1.807, 2.05) is 66.1 Å². The summed E-state index contributed by atoms with van der Waals surface area (Å²) < 4.78 is 7.65. The zero-order chi connectivity index (χ0) is 22.8. The van der Waals surface area contributed by atoms with E-state index in [0.29, 0.717) is 41.6 Å². The molecule has 0 aliphatic carbocycles. The molecule has 9 nitrogen and oxygen atoms in total. The van der Waals surface area contributed by atoms with Gasteiger partial charge in [0.1, 0.15) is 0 Å². The number of nitrogens with two attached hydrogens (primary N) is 1. The minimum atomic E-state index is -0.502. The van der Waals surface area contributed by atoms with Crippen molar-refractivity contribution < 1.29 is 9.53 Å². The van der Waals surface area contributed by atoms with E-state index in [1.54, 1.807) is 12.1 Å². The van der Waals surface area contributed by atoms with Crippen LogP contribution in [0.3, 0.4) is 0 Å². The van der Waals surface area contributed by atoms with Crippen LogP contribution in [0.4, 0.5) is 0 Å². The number of aromatic amines is 1. The predicted octanol–water partition coefficient (Wildman–Crippen LogP) is 3.43. The molecule has 0 fully saturated rings. The molecular weight excluding hydrogens is 418 g/mol. The number of H-pyrrole nitrogens is 1. The number of benzene rings is 3. The van der Waals surface area contributed by atoms with E-state index in [4.69, 9.17) is 10.5 Å². The standard InChI is InChI=1S/C24H21N7O2/c1-2-33-24-26-20-9-5-8-19(22(25)32)21(20)31(24)14-15-10-12-16(13-11-15)17-6-3-4-7-18(17)23-27-29-30-28-23/h3-13H,2,14H2,1H3,(H2,25,32)(H,27,28,29,30). The zero-order valence-electron chi connectivity index (χ0n) is 17.9. The van der Waals surface area contributed by atoms with E-state index in [0.717, 1.165) is 22.3 Å². The summed E-state index contributed by atoms with van der Waals surface area (Å²) in [5.74, 6) is 0.0399. The molecule has 2 heterocycles.